The lowest BCUT2D eigenvalue weighted by atomic mass is 9.97. The molecule has 14 heavy (non-hydrogen) atoms. The predicted octanol–water partition coefficient (Wildman–Crippen LogP) is 0.607. The van der Waals surface area contributed by atoms with E-state index in [-0.39, 0.29) is 12.1 Å². The van der Waals surface area contributed by atoms with E-state index < -0.39 is 0 Å². The fourth-order valence-corrected chi connectivity index (χ4v) is 2.03. The monoisotopic (exact) mass is 198 g/mol. The Hall–Kier alpha value is -0.380. The van der Waals surface area contributed by atoms with Crippen molar-refractivity contribution in [1.29, 1.82) is 0 Å². The highest BCUT2D eigenvalue weighted by molar-refractivity contribution is 4.94. The van der Waals surface area contributed by atoms with Gasteiger partial charge in [0.2, 0.25) is 0 Å². The van der Waals surface area contributed by atoms with Gasteiger partial charge in [-0.05, 0) is 20.3 Å². The van der Waals surface area contributed by atoms with E-state index in [1.807, 2.05) is 6.08 Å². The molecule has 1 atom stereocenters. The molecule has 0 saturated carbocycles. The lowest BCUT2D eigenvalue weighted by molar-refractivity contribution is 0.0887. The summed E-state index contributed by atoms with van der Waals surface area (Å²) in [5.74, 6) is 0. The summed E-state index contributed by atoms with van der Waals surface area (Å²) in [5, 5.41) is 12.4. The number of aliphatic hydroxyl groups excluding tert-OH is 1. The van der Waals surface area contributed by atoms with Crippen molar-refractivity contribution >= 4 is 0 Å². The Morgan fingerprint density at radius 1 is 1.64 bits per heavy atom. The quantitative estimate of drug-likeness (QED) is 0.650. The highest BCUT2D eigenvalue weighted by Crippen LogP contribution is 2.16. The fraction of sp³-hybridized carbons (Fsp3) is 0.818. The van der Waals surface area contributed by atoms with Crippen LogP contribution in [0.1, 0.15) is 20.3 Å². The van der Waals surface area contributed by atoms with Crippen LogP contribution in [0.3, 0.4) is 0 Å². The average molecular weight is 198 g/mol. The van der Waals surface area contributed by atoms with Crippen LogP contribution in [0.25, 0.3) is 0 Å². The van der Waals surface area contributed by atoms with Crippen molar-refractivity contribution < 1.29 is 5.11 Å². The van der Waals surface area contributed by atoms with Crippen LogP contribution in [0.5, 0.6) is 0 Å². The number of nitrogens with zero attached hydrogens (tertiary/aromatic N) is 1. The summed E-state index contributed by atoms with van der Waals surface area (Å²) in [7, 11) is 0. The Labute approximate surface area is 86.8 Å². The minimum Gasteiger partial charge on any atom is -0.396 e. The first kappa shape index (κ1) is 11.7. The zero-order chi connectivity index (χ0) is 10.6. The van der Waals surface area contributed by atoms with Crippen molar-refractivity contribution in [2.45, 2.75) is 31.8 Å². The summed E-state index contributed by atoms with van der Waals surface area (Å²) in [6.07, 6.45) is 2.78. The number of hydrogen-bond acceptors (Lipinski definition) is 3. The van der Waals surface area contributed by atoms with Gasteiger partial charge in [-0.15, -0.1) is 6.58 Å². The topological polar surface area (TPSA) is 35.5 Å². The van der Waals surface area contributed by atoms with Gasteiger partial charge >= 0.3 is 0 Å². The van der Waals surface area contributed by atoms with E-state index in [0.717, 1.165) is 26.1 Å². The molecule has 0 bridgehead atoms. The second-order valence-corrected chi connectivity index (χ2v) is 4.65. The molecule has 0 aliphatic carbocycles. The highest BCUT2D eigenvalue weighted by atomic mass is 16.3. The van der Waals surface area contributed by atoms with Crippen molar-refractivity contribution in [3.63, 3.8) is 0 Å². The molecule has 1 aliphatic rings. The van der Waals surface area contributed by atoms with Crippen LogP contribution >= 0.6 is 0 Å². The zero-order valence-electron chi connectivity index (χ0n) is 9.29. The summed E-state index contributed by atoms with van der Waals surface area (Å²) in [4.78, 5) is 2.39. The van der Waals surface area contributed by atoms with Crippen LogP contribution in [0, 0.1) is 0 Å². The normalized spacial score (nSPS) is 27.5. The van der Waals surface area contributed by atoms with Crippen molar-refractivity contribution in [1.82, 2.24) is 10.2 Å². The zero-order valence-corrected chi connectivity index (χ0v) is 9.29. The SMILES string of the molecule is C=CCN1CC(C)(C)NCC1CCO. The van der Waals surface area contributed by atoms with Crippen LogP contribution in [0.4, 0.5) is 0 Å². The van der Waals surface area contributed by atoms with E-state index in [1.54, 1.807) is 0 Å². The summed E-state index contributed by atoms with van der Waals surface area (Å²) in [5.41, 5.74) is 0.176. The van der Waals surface area contributed by atoms with E-state index in [2.05, 4.69) is 30.6 Å². The smallest absolute Gasteiger partial charge is 0.0446 e. The summed E-state index contributed by atoms with van der Waals surface area (Å²) < 4.78 is 0. The van der Waals surface area contributed by atoms with Crippen LogP contribution in [0.15, 0.2) is 12.7 Å². The molecular formula is C11H22N2O. The van der Waals surface area contributed by atoms with E-state index in [1.165, 1.54) is 0 Å². The minimum absolute atomic E-state index is 0.176. The van der Waals surface area contributed by atoms with Crippen molar-refractivity contribution in [2.75, 3.05) is 26.2 Å². The van der Waals surface area contributed by atoms with Gasteiger partial charge in [0.05, 0.1) is 0 Å². The minimum atomic E-state index is 0.176. The molecule has 2 N–H and O–H groups in total. The first-order chi connectivity index (χ1) is 6.59. The van der Waals surface area contributed by atoms with Crippen molar-refractivity contribution in [3.8, 4) is 0 Å². The first-order valence-corrected chi connectivity index (χ1v) is 5.30. The first-order valence-electron chi connectivity index (χ1n) is 5.30. The van der Waals surface area contributed by atoms with Crippen molar-refractivity contribution in [3.05, 3.63) is 12.7 Å². The number of nitrogens with one attached hydrogen (secondary N) is 1. The van der Waals surface area contributed by atoms with E-state index in [9.17, 15) is 0 Å². The molecule has 0 amide bonds. The van der Waals surface area contributed by atoms with Gasteiger partial charge in [-0.3, -0.25) is 4.90 Å². The van der Waals surface area contributed by atoms with Crippen LogP contribution < -0.4 is 5.32 Å². The summed E-state index contributed by atoms with van der Waals surface area (Å²) >= 11 is 0. The van der Waals surface area contributed by atoms with Crippen molar-refractivity contribution in [2.24, 2.45) is 0 Å². The van der Waals surface area contributed by atoms with E-state index in [0.29, 0.717) is 6.04 Å². The molecule has 0 radical (unpaired) electrons. The number of hydrogen-bond donors (Lipinski definition) is 2. The number of rotatable bonds is 4. The van der Waals surface area contributed by atoms with E-state index >= 15 is 0 Å². The maximum atomic E-state index is 8.95. The third-order valence-corrected chi connectivity index (χ3v) is 2.76. The fourth-order valence-electron chi connectivity index (χ4n) is 2.03. The van der Waals surface area contributed by atoms with Gasteiger partial charge in [0.15, 0.2) is 0 Å². The molecule has 0 aromatic rings. The Kier molecular flexibility index (Phi) is 4.11. The number of piperazine rings is 1. The van der Waals surface area contributed by atoms with Crippen LogP contribution in [-0.4, -0.2) is 47.8 Å². The van der Waals surface area contributed by atoms with E-state index in [4.69, 9.17) is 5.11 Å². The van der Waals surface area contributed by atoms with Gasteiger partial charge in [-0.2, -0.15) is 0 Å². The Morgan fingerprint density at radius 3 is 2.93 bits per heavy atom. The molecule has 1 unspecified atom stereocenters. The largest absolute Gasteiger partial charge is 0.396 e. The third-order valence-electron chi connectivity index (χ3n) is 2.76. The van der Waals surface area contributed by atoms with Crippen LogP contribution in [-0.2, 0) is 0 Å². The summed E-state index contributed by atoms with van der Waals surface area (Å²) in [6, 6.07) is 0.450. The number of aliphatic hydroxyl groups is 1. The molecule has 1 aliphatic heterocycles. The van der Waals surface area contributed by atoms with Gasteiger partial charge in [0.1, 0.15) is 0 Å². The molecule has 0 spiro atoms. The Balaban J connectivity index is 2.55. The molecule has 3 nitrogen and oxygen atoms in total. The Bertz CT molecular complexity index is 192. The third kappa shape index (κ3) is 3.08. The highest BCUT2D eigenvalue weighted by Gasteiger charge is 2.31. The standard InChI is InChI=1S/C11H22N2O/c1-4-6-13-9-11(2,3)12-8-10(13)5-7-14/h4,10,12,14H,1,5-9H2,2-3H3. The molecule has 1 rings (SSSR count). The van der Waals surface area contributed by atoms with Gasteiger partial charge in [0, 0.05) is 37.8 Å². The molecule has 82 valence electrons. The van der Waals surface area contributed by atoms with Gasteiger partial charge in [-0.1, -0.05) is 6.08 Å². The molecule has 3 heteroatoms. The molecular weight excluding hydrogens is 176 g/mol. The maximum absolute atomic E-state index is 8.95. The molecule has 0 aromatic heterocycles. The molecule has 1 saturated heterocycles. The molecule has 1 fully saturated rings. The average Bonchev–Trinajstić information content (AvgIpc) is 2.10. The molecule has 0 aromatic carbocycles. The van der Waals surface area contributed by atoms with Gasteiger partial charge < -0.3 is 10.4 Å². The second-order valence-electron chi connectivity index (χ2n) is 4.65. The second kappa shape index (κ2) is 4.91. The lowest BCUT2D eigenvalue weighted by Crippen LogP contribution is -2.61. The predicted molar refractivity (Wildman–Crippen MR) is 59.3 cm³/mol. The lowest BCUT2D eigenvalue weighted by Gasteiger charge is -2.44. The van der Waals surface area contributed by atoms with Crippen LogP contribution in [0.2, 0.25) is 0 Å². The van der Waals surface area contributed by atoms with Gasteiger partial charge in [0.25, 0.3) is 0 Å². The maximum Gasteiger partial charge on any atom is 0.0446 e. The summed E-state index contributed by atoms with van der Waals surface area (Å²) in [6.45, 7) is 11.3. The Morgan fingerprint density at radius 2 is 2.36 bits per heavy atom. The molecule has 1 heterocycles. The van der Waals surface area contributed by atoms with Gasteiger partial charge in [-0.25, -0.2) is 0 Å².